The van der Waals surface area contributed by atoms with Crippen LogP contribution in [0.2, 0.25) is 0 Å². The van der Waals surface area contributed by atoms with Crippen LogP contribution in [-0.2, 0) is 29.9 Å². The fourth-order valence-corrected chi connectivity index (χ4v) is 4.03. The van der Waals surface area contributed by atoms with Gasteiger partial charge >= 0.3 is 0 Å². The molecule has 0 N–H and O–H groups in total. The van der Waals surface area contributed by atoms with Crippen molar-refractivity contribution in [3.05, 3.63) is 23.8 Å². The lowest BCUT2D eigenvalue weighted by Gasteiger charge is -2.23. The van der Waals surface area contributed by atoms with Crippen LogP contribution in [0.4, 0.5) is 0 Å². The van der Waals surface area contributed by atoms with E-state index in [0.29, 0.717) is 12.3 Å². The summed E-state index contributed by atoms with van der Waals surface area (Å²) in [5.41, 5.74) is 0.923. The molecule has 1 fully saturated rings. The molecule has 3 rings (SSSR count). The molecular formula is C14H21N5O2S. The van der Waals surface area contributed by atoms with Crippen molar-refractivity contribution in [3.63, 3.8) is 0 Å². The van der Waals surface area contributed by atoms with E-state index >= 15 is 0 Å². The van der Waals surface area contributed by atoms with Gasteiger partial charge in [-0.1, -0.05) is 6.42 Å². The van der Waals surface area contributed by atoms with Crippen molar-refractivity contribution >= 4 is 9.84 Å². The second-order valence-electron chi connectivity index (χ2n) is 5.80. The number of aromatic nitrogens is 5. The lowest BCUT2D eigenvalue weighted by atomic mass is 9.85. The molecule has 0 atom stereocenters. The fourth-order valence-electron chi connectivity index (χ4n) is 2.67. The van der Waals surface area contributed by atoms with Crippen molar-refractivity contribution in [2.45, 2.75) is 50.2 Å². The third kappa shape index (κ3) is 2.79. The van der Waals surface area contributed by atoms with E-state index in [1.165, 1.54) is 6.42 Å². The molecule has 0 bridgehead atoms. The maximum atomic E-state index is 12.5. The van der Waals surface area contributed by atoms with Gasteiger partial charge in [0.25, 0.3) is 0 Å². The lowest BCUT2D eigenvalue weighted by Crippen LogP contribution is -2.18. The number of hydrogen-bond acceptors (Lipinski definition) is 5. The van der Waals surface area contributed by atoms with Crippen LogP contribution in [0.1, 0.15) is 43.5 Å². The van der Waals surface area contributed by atoms with Crippen LogP contribution in [-0.4, -0.2) is 38.7 Å². The lowest BCUT2D eigenvalue weighted by molar-refractivity contribution is 0.389. The number of nitrogens with zero attached hydrogens (tertiary/aromatic N) is 5. The molecule has 1 aliphatic rings. The average Bonchev–Trinajstić information content (AvgIpc) is 3.03. The molecule has 0 radical (unpaired) electrons. The molecule has 8 heteroatoms. The zero-order valence-corrected chi connectivity index (χ0v) is 13.8. The van der Waals surface area contributed by atoms with Gasteiger partial charge in [0, 0.05) is 25.7 Å². The Morgan fingerprint density at radius 1 is 1.32 bits per heavy atom. The first kappa shape index (κ1) is 15.2. The molecule has 0 saturated heterocycles. The molecule has 120 valence electrons. The van der Waals surface area contributed by atoms with Crippen molar-refractivity contribution in [3.8, 4) is 0 Å². The van der Waals surface area contributed by atoms with Crippen molar-refractivity contribution in [1.29, 1.82) is 0 Å². The Morgan fingerprint density at radius 2 is 2.09 bits per heavy atom. The van der Waals surface area contributed by atoms with Gasteiger partial charge in [-0.2, -0.15) is 5.10 Å². The van der Waals surface area contributed by atoms with Gasteiger partial charge in [0.05, 0.1) is 11.9 Å². The minimum Gasteiger partial charge on any atom is -0.305 e. The van der Waals surface area contributed by atoms with Gasteiger partial charge in [-0.25, -0.2) is 8.42 Å². The number of hydrogen-bond donors (Lipinski definition) is 0. The van der Waals surface area contributed by atoms with Gasteiger partial charge < -0.3 is 4.57 Å². The Bertz CT molecular complexity index is 758. The van der Waals surface area contributed by atoms with E-state index in [2.05, 4.69) is 15.3 Å². The van der Waals surface area contributed by atoms with Crippen molar-refractivity contribution in [2.24, 2.45) is 7.05 Å². The van der Waals surface area contributed by atoms with Crippen LogP contribution in [0.15, 0.2) is 17.6 Å². The van der Waals surface area contributed by atoms with Crippen molar-refractivity contribution in [1.82, 2.24) is 24.5 Å². The van der Waals surface area contributed by atoms with Crippen LogP contribution in [0.3, 0.4) is 0 Å². The third-order valence-electron chi connectivity index (χ3n) is 4.29. The summed E-state index contributed by atoms with van der Waals surface area (Å²) < 4.78 is 28.4. The summed E-state index contributed by atoms with van der Waals surface area (Å²) in [4.78, 5) is 0. The molecule has 0 spiro atoms. The molecule has 1 saturated carbocycles. The highest BCUT2D eigenvalue weighted by atomic mass is 32.2. The molecule has 0 unspecified atom stereocenters. The maximum absolute atomic E-state index is 12.5. The predicted octanol–water partition coefficient (Wildman–Crippen LogP) is 1.32. The SMILES string of the molecule is CCn1cc(CCS(=O)(=O)c2nnc(C3CCC3)n2C)cn1. The highest BCUT2D eigenvalue weighted by molar-refractivity contribution is 7.91. The standard InChI is InChI=1S/C14H21N5O2S/c1-3-19-10-11(9-15-19)7-8-22(20,21)14-17-16-13(18(14)2)12-5-4-6-12/h9-10,12H,3-8H2,1-2H3. The van der Waals surface area contributed by atoms with E-state index in [0.717, 1.165) is 30.8 Å². The molecule has 1 aliphatic carbocycles. The average molecular weight is 323 g/mol. The van der Waals surface area contributed by atoms with E-state index in [1.807, 2.05) is 13.1 Å². The molecule has 0 aromatic carbocycles. The molecule has 2 aromatic heterocycles. The molecule has 2 aromatic rings. The highest BCUT2D eigenvalue weighted by Gasteiger charge is 2.29. The summed E-state index contributed by atoms with van der Waals surface area (Å²) in [5, 5.41) is 12.3. The minimum atomic E-state index is -3.43. The van der Waals surface area contributed by atoms with Crippen molar-refractivity contribution in [2.75, 3.05) is 5.75 Å². The fraction of sp³-hybridized carbons (Fsp3) is 0.643. The van der Waals surface area contributed by atoms with Crippen molar-refractivity contribution < 1.29 is 8.42 Å². The third-order valence-corrected chi connectivity index (χ3v) is 5.94. The summed E-state index contributed by atoms with van der Waals surface area (Å²) in [5.74, 6) is 1.19. The smallest absolute Gasteiger partial charge is 0.249 e. The van der Waals surface area contributed by atoms with Gasteiger partial charge in [0.15, 0.2) is 0 Å². The van der Waals surface area contributed by atoms with Crippen LogP contribution < -0.4 is 0 Å². The topological polar surface area (TPSA) is 82.7 Å². The first-order valence-electron chi connectivity index (χ1n) is 7.64. The van der Waals surface area contributed by atoms with E-state index in [9.17, 15) is 8.42 Å². The van der Waals surface area contributed by atoms with E-state index in [-0.39, 0.29) is 10.9 Å². The van der Waals surface area contributed by atoms with Gasteiger partial charge in [0.2, 0.25) is 15.0 Å². The van der Waals surface area contributed by atoms with Crippen LogP contribution in [0, 0.1) is 0 Å². The summed E-state index contributed by atoms with van der Waals surface area (Å²) in [7, 11) is -1.69. The highest BCUT2D eigenvalue weighted by Crippen LogP contribution is 2.35. The Kier molecular flexibility index (Phi) is 4.03. The Labute approximate surface area is 130 Å². The summed E-state index contributed by atoms with van der Waals surface area (Å²) >= 11 is 0. The van der Waals surface area contributed by atoms with Gasteiger partial charge in [-0.15, -0.1) is 10.2 Å². The Hall–Kier alpha value is -1.70. The van der Waals surface area contributed by atoms with Crippen LogP contribution in [0.25, 0.3) is 0 Å². The Balaban J connectivity index is 1.73. The number of rotatable bonds is 6. The second kappa shape index (κ2) is 5.83. The zero-order valence-electron chi connectivity index (χ0n) is 12.9. The minimum absolute atomic E-state index is 0.0268. The van der Waals surface area contributed by atoms with Crippen LogP contribution in [0.5, 0.6) is 0 Å². The molecule has 22 heavy (non-hydrogen) atoms. The molecule has 0 amide bonds. The monoisotopic (exact) mass is 323 g/mol. The summed E-state index contributed by atoms with van der Waals surface area (Å²) in [6.07, 6.45) is 7.36. The van der Waals surface area contributed by atoms with Crippen LogP contribution >= 0.6 is 0 Å². The maximum Gasteiger partial charge on any atom is 0.249 e. The van der Waals surface area contributed by atoms with Gasteiger partial charge in [-0.3, -0.25) is 4.68 Å². The largest absolute Gasteiger partial charge is 0.305 e. The molecule has 7 nitrogen and oxygen atoms in total. The van der Waals surface area contributed by atoms with E-state index in [1.54, 1.807) is 22.5 Å². The Morgan fingerprint density at radius 3 is 2.68 bits per heavy atom. The first-order valence-corrected chi connectivity index (χ1v) is 9.30. The summed E-state index contributed by atoms with van der Waals surface area (Å²) in [6.45, 7) is 2.77. The number of aryl methyl sites for hydroxylation is 2. The van der Waals surface area contributed by atoms with E-state index in [4.69, 9.17) is 0 Å². The van der Waals surface area contributed by atoms with E-state index < -0.39 is 9.84 Å². The quantitative estimate of drug-likeness (QED) is 0.800. The molecule has 2 heterocycles. The van der Waals surface area contributed by atoms with Gasteiger partial charge in [0.1, 0.15) is 5.82 Å². The molecular weight excluding hydrogens is 302 g/mol. The predicted molar refractivity (Wildman–Crippen MR) is 81.3 cm³/mol. The second-order valence-corrected chi connectivity index (χ2v) is 7.80. The first-order chi connectivity index (χ1) is 10.5. The zero-order chi connectivity index (χ0) is 15.7. The molecule has 0 aliphatic heterocycles. The van der Waals surface area contributed by atoms with Gasteiger partial charge in [-0.05, 0) is 31.7 Å². The number of sulfone groups is 1. The normalized spacial score (nSPS) is 15.9. The summed E-state index contributed by atoms with van der Waals surface area (Å²) in [6, 6.07) is 0.